The third-order valence-corrected chi connectivity index (χ3v) is 4.92. The van der Waals surface area contributed by atoms with Crippen molar-refractivity contribution < 1.29 is 0 Å². The topological polar surface area (TPSA) is 3.24 Å². The summed E-state index contributed by atoms with van der Waals surface area (Å²) >= 11 is 6.19. The van der Waals surface area contributed by atoms with Crippen LogP contribution < -0.4 is 0 Å². The first-order valence-corrected chi connectivity index (χ1v) is 7.32. The first-order chi connectivity index (χ1) is 8.49. The van der Waals surface area contributed by atoms with E-state index in [0.29, 0.717) is 5.92 Å². The van der Waals surface area contributed by atoms with E-state index in [1.54, 1.807) is 0 Å². The summed E-state index contributed by atoms with van der Waals surface area (Å²) in [6, 6.07) is 4.42. The highest BCUT2D eigenvalue weighted by Gasteiger charge is 2.24. The minimum atomic E-state index is 0.648. The maximum atomic E-state index is 6.19. The summed E-state index contributed by atoms with van der Waals surface area (Å²) in [6.45, 7) is 9.14. The predicted molar refractivity (Wildman–Crippen MR) is 79.6 cm³/mol. The third-order valence-electron chi connectivity index (χ3n) is 4.51. The monoisotopic (exact) mass is 265 g/mol. The van der Waals surface area contributed by atoms with Gasteiger partial charge in [0.2, 0.25) is 0 Å². The molecule has 0 saturated carbocycles. The Balaban J connectivity index is 2.18. The van der Waals surface area contributed by atoms with Crippen molar-refractivity contribution in [2.24, 2.45) is 5.92 Å². The highest BCUT2D eigenvalue weighted by molar-refractivity contribution is 6.31. The van der Waals surface area contributed by atoms with Gasteiger partial charge < -0.3 is 4.90 Å². The molecule has 0 N–H and O–H groups in total. The van der Waals surface area contributed by atoms with Crippen molar-refractivity contribution in [2.45, 2.75) is 39.5 Å². The molecule has 0 aliphatic carbocycles. The molecule has 1 atom stereocenters. The van der Waals surface area contributed by atoms with E-state index in [-0.39, 0.29) is 0 Å². The van der Waals surface area contributed by atoms with Gasteiger partial charge in [0.25, 0.3) is 0 Å². The maximum Gasteiger partial charge on any atom is 0.0438 e. The molecule has 1 aliphatic rings. The van der Waals surface area contributed by atoms with Gasteiger partial charge >= 0.3 is 0 Å². The molecule has 1 fully saturated rings. The Morgan fingerprint density at radius 3 is 2.39 bits per heavy atom. The van der Waals surface area contributed by atoms with Gasteiger partial charge in [-0.2, -0.15) is 0 Å². The highest BCUT2D eigenvalue weighted by Crippen LogP contribution is 2.35. The number of hydrogen-bond acceptors (Lipinski definition) is 1. The average Bonchev–Trinajstić information content (AvgIpc) is 2.34. The summed E-state index contributed by atoms with van der Waals surface area (Å²) in [5.74, 6) is 1.47. The fraction of sp³-hybridized carbons (Fsp3) is 0.625. The zero-order chi connectivity index (χ0) is 13.3. The van der Waals surface area contributed by atoms with Crippen LogP contribution in [0.15, 0.2) is 12.1 Å². The van der Waals surface area contributed by atoms with Crippen LogP contribution in [0, 0.1) is 19.8 Å². The van der Waals surface area contributed by atoms with Crippen molar-refractivity contribution in [3.05, 3.63) is 33.8 Å². The Bertz CT molecular complexity index is 419. The van der Waals surface area contributed by atoms with E-state index < -0.39 is 0 Å². The minimum absolute atomic E-state index is 0.648. The lowest BCUT2D eigenvalue weighted by atomic mass is 9.79. The van der Waals surface area contributed by atoms with E-state index in [4.69, 9.17) is 11.6 Å². The second kappa shape index (κ2) is 5.63. The molecule has 2 rings (SSSR count). The summed E-state index contributed by atoms with van der Waals surface area (Å²) in [5.41, 5.74) is 4.04. The van der Waals surface area contributed by atoms with E-state index in [1.807, 2.05) is 0 Å². The van der Waals surface area contributed by atoms with Gasteiger partial charge in [0.15, 0.2) is 0 Å². The van der Waals surface area contributed by atoms with Crippen LogP contribution in [0.2, 0.25) is 5.02 Å². The molecule has 1 heterocycles. The number of likely N-dealkylation sites (tertiary alicyclic amines) is 1. The minimum Gasteiger partial charge on any atom is -0.306 e. The fourth-order valence-electron chi connectivity index (χ4n) is 3.08. The molecule has 100 valence electrons. The van der Waals surface area contributed by atoms with E-state index in [0.717, 1.165) is 10.9 Å². The molecular formula is C16H24ClN. The van der Waals surface area contributed by atoms with Gasteiger partial charge in [-0.05, 0) is 81.4 Å². The molecule has 0 radical (unpaired) electrons. The lowest BCUT2D eigenvalue weighted by molar-refractivity contribution is 0.202. The number of piperidine rings is 1. The van der Waals surface area contributed by atoms with Crippen LogP contribution in [0.5, 0.6) is 0 Å². The van der Waals surface area contributed by atoms with Crippen LogP contribution in [0.1, 0.15) is 42.4 Å². The number of rotatable bonds is 2. The van der Waals surface area contributed by atoms with Crippen molar-refractivity contribution in [1.82, 2.24) is 4.90 Å². The van der Waals surface area contributed by atoms with Crippen LogP contribution in [0.4, 0.5) is 0 Å². The molecule has 0 aromatic heterocycles. The van der Waals surface area contributed by atoms with E-state index in [1.165, 1.54) is 42.6 Å². The van der Waals surface area contributed by atoms with Crippen molar-refractivity contribution in [2.75, 3.05) is 20.1 Å². The number of nitrogens with zero attached hydrogens (tertiary/aromatic N) is 1. The Morgan fingerprint density at radius 1 is 1.17 bits per heavy atom. The molecule has 0 bridgehead atoms. The zero-order valence-corrected chi connectivity index (χ0v) is 12.7. The van der Waals surface area contributed by atoms with Crippen molar-refractivity contribution in [3.63, 3.8) is 0 Å². The first kappa shape index (κ1) is 13.9. The Labute approximate surface area is 116 Å². The van der Waals surface area contributed by atoms with E-state index >= 15 is 0 Å². The Hall–Kier alpha value is -0.530. The van der Waals surface area contributed by atoms with Gasteiger partial charge in [-0.25, -0.2) is 0 Å². The lowest BCUT2D eigenvalue weighted by Crippen LogP contribution is -2.32. The summed E-state index contributed by atoms with van der Waals surface area (Å²) in [6.07, 6.45) is 2.64. The lowest BCUT2D eigenvalue weighted by Gasteiger charge is -2.33. The van der Waals surface area contributed by atoms with Crippen LogP contribution in [-0.2, 0) is 0 Å². The van der Waals surface area contributed by atoms with Gasteiger partial charge in [0.1, 0.15) is 0 Å². The maximum absolute atomic E-state index is 6.19. The number of halogens is 1. The molecule has 1 aliphatic heterocycles. The van der Waals surface area contributed by atoms with Gasteiger partial charge in [-0.15, -0.1) is 0 Å². The molecule has 0 unspecified atom stereocenters. The van der Waals surface area contributed by atoms with Crippen LogP contribution in [0.3, 0.4) is 0 Å². The van der Waals surface area contributed by atoms with Crippen molar-refractivity contribution in [3.8, 4) is 0 Å². The smallest absolute Gasteiger partial charge is 0.0438 e. The second-order valence-corrected chi connectivity index (χ2v) is 6.29. The van der Waals surface area contributed by atoms with Gasteiger partial charge in [0, 0.05) is 5.02 Å². The first-order valence-electron chi connectivity index (χ1n) is 6.94. The molecule has 1 aromatic carbocycles. The zero-order valence-electron chi connectivity index (χ0n) is 12.0. The summed E-state index contributed by atoms with van der Waals surface area (Å²) in [4.78, 5) is 2.43. The SMILES string of the molecule is Cc1cc([C@H](C)C2CCN(C)CC2)c(C)cc1Cl. The average molecular weight is 266 g/mol. The number of benzene rings is 1. The molecular weight excluding hydrogens is 242 g/mol. The number of hydrogen-bond donors (Lipinski definition) is 0. The molecule has 0 spiro atoms. The summed E-state index contributed by atoms with van der Waals surface area (Å²) < 4.78 is 0. The molecule has 2 heteroatoms. The van der Waals surface area contributed by atoms with E-state index in [2.05, 4.69) is 44.9 Å². The molecule has 1 saturated heterocycles. The normalized spacial score (nSPS) is 20.1. The quantitative estimate of drug-likeness (QED) is 0.766. The Kier molecular flexibility index (Phi) is 4.34. The highest BCUT2D eigenvalue weighted by atomic mass is 35.5. The van der Waals surface area contributed by atoms with Gasteiger partial charge in [-0.1, -0.05) is 24.6 Å². The Morgan fingerprint density at radius 2 is 1.78 bits per heavy atom. The fourth-order valence-corrected chi connectivity index (χ4v) is 3.29. The van der Waals surface area contributed by atoms with Crippen LogP contribution in [-0.4, -0.2) is 25.0 Å². The van der Waals surface area contributed by atoms with Crippen LogP contribution in [0.25, 0.3) is 0 Å². The number of aryl methyl sites for hydroxylation is 2. The summed E-state index contributed by atoms with van der Waals surface area (Å²) in [5, 5.41) is 0.895. The van der Waals surface area contributed by atoms with Crippen LogP contribution >= 0.6 is 11.6 Å². The standard InChI is InChI=1S/C16H24ClN/c1-11-10-16(17)12(2)9-15(11)13(3)14-5-7-18(4)8-6-14/h9-10,13-14H,5-8H2,1-4H3/t13-/m1/s1. The van der Waals surface area contributed by atoms with Gasteiger partial charge in [0.05, 0.1) is 0 Å². The predicted octanol–water partition coefficient (Wildman–Crippen LogP) is 4.40. The van der Waals surface area contributed by atoms with Crippen molar-refractivity contribution >= 4 is 11.6 Å². The molecule has 1 aromatic rings. The second-order valence-electron chi connectivity index (χ2n) is 5.89. The third kappa shape index (κ3) is 2.89. The largest absolute Gasteiger partial charge is 0.306 e. The van der Waals surface area contributed by atoms with E-state index in [9.17, 15) is 0 Å². The molecule has 1 nitrogen and oxygen atoms in total. The molecule has 0 amide bonds. The molecule has 18 heavy (non-hydrogen) atoms. The van der Waals surface area contributed by atoms with Crippen molar-refractivity contribution in [1.29, 1.82) is 0 Å². The summed E-state index contributed by atoms with van der Waals surface area (Å²) in [7, 11) is 2.22. The van der Waals surface area contributed by atoms with Gasteiger partial charge in [-0.3, -0.25) is 0 Å².